The van der Waals surface area contributed by atoms with Crippen LogP contribution in [0, 0.1) is 0 Å². The molecule has 0 N–H and O–H groups in total. The molecular formula is C24H26N2O2. The van der Waals surface area contributed by atoms with Crippen molar-refractivity contribution >= 4 is 11.8 Å². The van der Waals surface area contributed by atoms with Crippen molar-refractivity contribution in [3.8, 4) is 0 Å². The van der Waals surface area contributed by atoms with E-state index in [1.165, 1.54) is 18.4 Å². The van der Waals surface area contributed by atoms with Crippen LogP contribution in [0.3, 0.4) is 0 Å². The van der Waals surface area contributed by atoms with Crippen LogP contribution in [0.15, 0.2) is 48.5 Å². The molecule has 2 unspecified atom stereocenters. The van der Waals surface area contributed by atoms with Crippen molar-refractivity contribution in [3.05, 3.63) is 70.8 Å². The van der Waals surface area contributed by atoms with Crippen molar-refractivity contribution in [1.82, 2.24) is 9.80 Å². The van der Waals surface area contributed by atoms with Gasteiger partial charge in [0.2, 0.25) is 5.91 Å². The van der Waals surface area contributed by atoms with Crippen LogP contribution in [0.2, 0.25) is 0 Å². The Labute approximate surface area is 166 Å². The lowest BCUT2D eigenvalue weighted by molar-refractivity contribution is -0.134. The maximum atomic E-state index is 13.8. The Bertz CT molecular complexity index is 914. The lowest BCUT2D eigenvalue weighted by Crippen LogP contribution is -2.50. The lowest BCUT2D eigenvalue weighted by atomic mass is 9.75. The van der Waals surface area contributed by atoms with Gasteiger partial charge >= 0.3 is 0 Å². The number of carbonyl (C=O) groups excluding carboxylic acids is 2. The van der Waals surface area contributed by atoms with E-state index in [9.17, 15) is 9.59 Å². The fourth-order valence-corrected chi connectivity index (χ4v) is 5.23. The van der Waals surface area contributed by atoms with Gasteiger partial charge in [0.15, 0.2) is 0 Å². The molecule has 5 rings (SSSR count). The molecule has 0 aliphatic carbocycles. The summed E-state index contributed by atoms with van der Waals surface area (Å²) in [5.41, 5.74) is 4.01. The van der Waals surface area contributed by atoms with E-state index in [0.717, 1.165) is 43.5 Å². The maximum Gasteiger partial charge on any atom is 0.254 e. The number of hydrogen-bond donors (Lipinski definition) is 0. The number of likely N-dealkylation sites (tertiary alicyclic amines) is 1. The quantitative estimate of drug-likeness (QED) is 0.759. The first kappa shape index (κ1) is 17.5. The van der Waals surface area contributed by atoms with Crippen LogP contribution < -0.4 is 0 Å². The molecule has 3 aliphatic rings. The number of benzene rings is 2. The Morgan fingerprint density at radius 1 is 0.821 bits per heavy atom. The van der Waals surface area contributed by atoms with Crippen LogP contribution in [0.25, 0.3) is 0 Å². The molecule has 0 aromatic heterocycles. The third-order valence-corrected chi connectivity index (χ3v) is 6.62. The molecule has 28 heavy (non-hydrogen) atoms. The SMILES string of the molecule is O=C(C1c2ccccc2C(=O)N2CCc3ccccc3C12)N1CCCCCC1. The standard InChI is InChI=1S/C24H26N2O2/c27-23-20-12-6-5-11-19(20)21(24(28)25-14-7-1-2-8-15-25)22-18-10-4-3-9-17(18)13-16-26(22)23/h3-6,9-12,21-22H,1-2,7-8,13-16H2. The molecule has 3 aliphatic heterocycles. The van der Waals surface area contributed by atoms with E-state index in [4.69, 9.17) is 0 Å². The molecule has 0 spiro atoms. The minimum absolute atomic E-state index is 0.0648. The van der Waals surface area contributed by atoms with Crippen molar-refractivity contribution in [2.45, 2.75) is 44.1 Å². The fraction of sp³-hybridized carbons (Fsp3) is 0.417. The fourth-order valence-electron chi connectivity index (χ4n) is 5.23. The van der Waals surface area contributed by atoms with Gasteiger partial charge in [-0.25, -0.2) is 0 Å². The summed E-state index contributed by atoms with van der Waals surface area (Å²) in [7, 11) is 0. The Balaban J connectivity index is 1.64. The van der Waals surface area contributed by atoms with Crippen molar-refractivity contribution in [1.29, 1.82) is 0 Å². The molecule has 4 nitrogen and oxygen atoms in total. The molecule has 144 valence electrons. The molecule has 3 heterocycles. The molecule has 1 saturated heterocycles. The predicted octanol–water partition coefficient (Wildman–Crippen LogP) is 3.93. The normalized spacial score (nSPS) is 24.1. The Kier molecular flexibility index (Phi) is 4.42. The van der Waals surface area contributed by atoms with E-state index in [1.54, 1.807) is 0 Å². The zero-order chi connectivity index (χ0) is 19.1. The van der Waals surface area contributed by atoms with E-state index in [2.05, 4.69) is 23.1 Å². The smallest absolute Gasteiger partial charge is 0.254 e. The van der Waals surface area contributed by atoms with Gasteiger partial charge in [-0.2, -0.15) is 0 Å². The summed E-state index contributed by atoms with van der Waals surface area (Å²) in [6.07, 6.45) is 5.39. The van der Waals surface area contributed by atoms with Gasteiger partial charge in [0.1, 0.15) is 0 Å². The summed E-state index contributed by atoms with van der Waals surface area (Å²) < 4.78 is 0. The number of amides is 2. The molecule has 0 bridgehead atoms. The van der Waals surface area contributed by atoms with Crippen LogP contribution in [0.5, 0.6) is 0 Å². The number of fused-ring (bicyclic) bond motifs is 4. The second-order valence-electron chi connectivity index (χ2n) is 8.20. The maximum absolute atomic E-state index is 13.8. The van der Waals surface area contributed by atoms with Crippen molar-refractivity contribution in [2.75, 3.05) is 19.6 Å². The van der Waals surface area contributed by atoms with E-state index in [1.807, 2.05) is 35.2 Å². The minimum atomic E-state index is -0.312. The number of hydrogen-bond acceptors (Lipinski definition) is 2. The number of rotatable bonds is 1. The van der Waals surface area contributed by atoms with Gasteiger partial charge in [-0.1, -0.05) is 55.3 Å². The highest BCUT2D eigenvalue weighted by atomic mass is 16.2. The lowest BCUT2D eigenvalue weighted by Gasteiger charge is -2.46. The average Bonchev–Trinajstić information content (AvgIpc) is 3.03. The van der Waals surface area contributed by atoms with Crippen LogP contribution in [-0.4, -0.2) is 41.2 Å². The first-order valence-corrected chi connectivity index (χ1v) is 10.5. The molecule has 0 radical (unpaired) electrons. The summed E-state index contributed by atoms with van der Waals surface area (Å²) in [4.78, 5) is 31.1. The molecular weight excluding hydrogens is 348 g/mol. The predicted molar refractivity (Wildman–Crippen MR) is 108 cm³/mol. The number of carbonyl (C=O) groups is 2. The highest BCUT2D eigenvalue weighted by molar-refractivity contribution is 6.01. The van der Waals surface area contributed by atoms with E-state index in [0.29, 0.717) is 12.1 Å². The summed E-state index contributed by atoms with van der Waals surface area (Å²) in [6, 6.07) is 15.9. The summed E-state index contributed by atoms with van der Waals surface area (Å²) in [6.45, 7) is 2.35. The topological polar surface area (TPSA) is 40.6 Å². The van der Waals surface area contributed by atoms with Crippen LogP contribution in [0.1, 0.15) is 64.7 Å². The van der Waals surface area contributed by atoms with Gasteiger partial charge in [-0.15, -0.1) is 0 Å². The van der Waals surface area contributed by atoms with Gasteiger partial charge in [0.05, 0.1) is 12.0 Å². The minimum Gasteiger partial charge on any atom is -0.342 e. The highest BCUT2D eigenvalue weighted by Gasteiger charge is 2.47. The molecule has 1 fully saturated rings. The van der Waals surface area contributed by atoms with Crippen LogP contribution in [0.4, 0.5) is 0 Å². The van der Waals surface area contributed by atoms with E-state index >= 15 is 0 Å². The molecule has 2 amide bonds. The molecule has 2 aromatic carbocycles. The zero-order valence-electron chi connectivity index (χ0n) is 16.1. The first-order chi connectivity index (χ1) is 13.8. The highest BCUT2D eigenvalue weighted by Crippen LogP contribution is 2.46. The largest absolute Gasteiger partial charge is 0.342 e. The monoisotopic (exact) mass is 374 g/mol. The van der Waals surface area contributed by atoms with Gasteiger partial charge in [-0.05, 0) is 42.0 Å². The molecule has 2 aromatic rings. The van der Waals surface area contributed by atoms with Gasteiger partial charge in [0, 0.05) is 25.2 Å². The third kappa shape index (κ3) is 2.74. The Hall–Kier alpha value is -2.62. The average molecular weight is 374 g/mol. The summed E-state index contributed by atoms with van der Waals surface area (Å²) >= 11 is 0. The van der Waals surface area contributed by atoms with E-state index in [-0.39, 0.29) is 23.8 Å². The second-order valence-corrected chi connectivity index (χ2v) is 8.20. The third-order valence-electron chi connectivity index (χ3n) is 6.62. The molecule has 0 saturated carbocycles. The summed E-state index contributed by atoms with van der Waals surface area (Å²) in [5, 5.41) is 0. The number of nitrogens with zero attached hydrogens (tertiary/aromatic N) is 2. The van der Waals surface area contributed by atoms with E-state index < -0.39 is 0 Å². The Morgan fingerprint density at radius 3 is 2.29 bits per heavy atom. The Morgan fingerprint density at radius 2 is 1.50 bits per heavy atom. The van der Waals surface area contributed by atoms with Crippen LogP contribution >= 0.6 is 0 Å². The zero-order valence-corrected chi connectivity index (χ0v) is 16.1. The van der Waals surface area contributed by atoms with Crippen molar-refractivity contribution in [2.24, 2.45) is 0 Å². The van der Waals surface area contributed by atoms with Crippen molar-refractivity contribution < 1.29 is 9.59 Å². The van der Waals surface area contributed by atoms with Crippen molar-refractivity contribution in [3.63, 3.8) is 0 Å². The second kappa shape index (κ2) is 7.08. The first-order valence-electron chi connectivity index (χ1n) is 10.5. The van der Waals surface area contributed by atoms with Crippen LogP contribution in [-0.2, 0) is 11.2 Å². The molecule has 2 atom stereocenters. The van der Waals surface area contributed by atoms with Gasteiger partial charge < -0.3 is 9.80 Å². The summed E-state index contributed by atoms with van der Waals surface area (Å²) in [5.74, 6) is -0.0583. The van der Waals surface area contributed by atoms with Gasteiger partial charge in [0.25, 0.3) is 5.91 Å². The molecule has 4 heteroatoms. The van der Waals surface area contributed by atoms with Gasteiger partial charge in [-0.3, -0.25) is 9.59 Å².